The van der Waals surface area contributed by atoms with Crippen LogP contribution in [0.1, 0.15) is 48.4 Å². The van der Waals surface area contributed by atoms with Crippen molar-refractivity contribution in [1.82, 2.24) is 14.8 Å². The number of carbonyl (C=O) groups is 1. The number of benzene rings is 3. The van der Waals surface area contributed by atoms with Gasteiger partial charge in [-0.15, -0.1) is 10.2 Å². The lowest BCUT2D eigenvalue weighted by Gasteiger charge is -2.20. The van der Waals surface area contributed by atoms with Gasteiger partial charge in [0.05, 0.1) is 36.8 Å². The first-order valence-electron chi connectivity index (χ1n) is 13.6. The first-order chi connectivity index (χ1) is 20.8. The Morgan fingerprint density at radius 2 is 1.58 bits per heavy atom. The SMILES string of the molecule is CCCCc1nnc(SCc2ccc(OC)cc2)n1Cc1ccc(OC(C(=O)O)c2cc(Br)c(OC)c(OC)c2Br)cc1. The zero-order valence-corrected chi connectivity index (χ0v) is 28.3. The van der Waals surface area contributed by atoms with Crippen molar-refractivity contribution in [2.24, 2.45) is 0 Å². The van der Waals surface area contributed by atoms with Gasteiger partial charge in [-0.1, -0.05) is 49.4 Å². The first kappa shape index (κ1) is 32.7. The van der Waals surface area contributed by atoms with E-state index >= 15 is 0 Å². The number of aliphatic carboxylic acids is 1. The van der Waals surface area contributed by atoms with Gasteiger partial charge in [-0.25, -0.2) is 4.79 Å². The van der Waals surface area contributed by atoms with E-state index in [1.807, 2.05) is 36.4 Å². The topological polar surface area (TPSA) is 105 Å². The van der Waals surface area contributed by atoms with Gasteiger partial charge in [0.1, 0.15) is 17.3 Å². The molecule has 228 valence electrons. The van der Waals surface area contributed by atoms with Crippen molar-refractivity contribution in [3.63, 3.8) is 0 Å². The van der Waals surface area contributed by atoms with Crippen LogP contribution < -0.4 is 18.9 Å². The predicted molar refractivity (Wildman–Crippen MR) is 173 cm³/mol. The van der Waals surface area contributed by atoms with Gasteiger partial charge in [-0.05, 0) is 79.7 Å². The van der Waals surface area contributed by atoms with E-state index in [1.54, 1.807) is 37.1 Å². The third kappa shape index (κ3) is 8.04. The molecule has 0 aliphatic rings. The Morgan fingerprint density at radius 1 is 0.930 bits per heavy atom. The second-order valence-corrected chi connectivity index (χ2v) is 12.1. The van der Waals surface area contributed by atoms with Crippen LogP contribution in [0.25, 0.3) is 0 Å². The van der Waals surface area contributed by atoms with Gasteiger partial charge in [0.2, 0.25) is 6.10 Å². The van der Waals surface area contributed by atoms with E-state index in [0.717, 1.165) is 52.9 Å². The molecule has 0 spiro atoms. The molecule has 1 unspecified atom stereocenters. The van der Waals surface area contributed by atoms with Crippen LogP contribution in [0.3, 0.4) is 0 Å². The van der Waals surface area contributed by atoms with Crippen LogP contribution in [0.15, 0.2) is 68.7 Å². The Morgan fingerprint density at radius 3 is 2.19 bits per heavy atom. The van der Waals surface area contributed by atoms with Gasteiger partial charge < -0.3 is 28.6 Å². The lowest BCUT2D eigenvalue weighted by Crippen LogP contribution is -2.19. The molecule has 4 rings (SSSR count). The number of hydrogen-bond acceptors (Lipinski definition) is 8. The highest BCUT2D eigenvalue weighted by molar-refractivity contribution is 9.11. The molecular weight excluding hydrogens is 702 g/mol. The minimum absolute atomic E-state index is 0.366. The Bertz CT molecular complexity index is 1530. The van der Waals surface area contributed by atoms with Crippen LogP contribution in [-0.4, -0.2) is 47.2 Å². The molecule has 1 N–H and O–H groups in total. The quantitative estimate of drug-likeness (QED) is 0.123. The summed E-state index contributed by atoms with van der Waals surface area (Å²) in [6.45, 7) is 2.73. The van der Waals surface area contributed by atoms with Crippen LogP contribution in [0.5, 0.6) is 23.0 Å². The molecule has 4 aromatic rings. The summed E-state index contributed by atoms with van der Waals surface area (Å²) >= 11 is 8.54. The van der Waals surface area contributed by atoms with E-state index in [9.17, 15) is 9.90 Å². The molecule has 0 bridgehead atoms. The fraction of sp³-hybridized carbons (Fsp3) is 0.323. The molecule has 0 aliphatic heterocycles. The van der Waals surface area contributed by atoms with Gasteiger partial charge in [-0.3, -0.25) is 0 Å². The lowest BCUT2D eigenvalue weighted by atomic mass is 10.1. The molecule has 1 atom stereocenters. The summed E-state index contributed by atoms with van der Waals surface area (Å²) in [4.78, 5) is 12.3. The summed E-state index contributed by atoms with van der Waals surface area (Å²) in [5, 5.41) is 19.9. The third-order valence-corrected chi connectivity index (χ3v) is 9.11. The monoisotopic (exact) mass is 733 g/mol. The second-order valence-electron chi connectivity index (χ2n) is 9.53. The Kier molecular flexibility index (Phi) is 11.8. The second kappa shape index (κ2) is 15.5. The van der Waals surface area contributed by atoms with E-state index in [2.05, 4.69) is 53.5 Å². The van der Waals surface area contributed by atoms with Gasteiger partial charge in [0.15, 0.2) is 16.7 Å². The zero-order valence-electron chi connectivity index (χ0n) is 24.3. The van der Waals surface area contributed by atoms with Gasteiger partial charge in [-0.2, -0.15) is 0 Å². The molecule has 0 aliphatic carbocycles. The van der Waals surface area contributed by atoms with Crippen LogP contribution >= 0.6 is 43.6 Å². The number of nitrogens with zero attached hydrogens (tertiary/aromatic N) is 3. The van der Waals surface area contributed by atoms with Crippen molar-refractivity contribution in [2.45, 2.75) is 49.7 Å². The molecular formula is C31H33Br2N3O6S. The number of ether oxygens (including phenoxy) is 4. The zero-order chi connectivity index (χ0) is 30.9. The number of rotatable bonds is 15. The minimum Gasteiger partial charge on any atom is -0.497 e. The number of methoxy groups -OCH3 is 3. The van der Waals surface area contributed by atoms with Crippen LogP contribution in [-0.2, 0) is 23.5 Å². The van der Waals surface area contributed by atoms with Crippen molar-refractivity contribution in [3.05, 3.63) is 86.1 Å². The molecule has 0 amide bonds. The van der Waals surface area contributed by atoms with Crippen molar-refractivity contribution in [2.75, 3.05) is 21.3 Å². The highest BCUT2D eigenvalue weighted by Crippen LogP contribution is 2.45. The maximum absolute atomic E-state index is 12.3. The number of carboxylic acids is 1. The van der Waals surface area contributed by atoms with Gasteiger partial charge in [0.25, 0.3) is 0 Å². The Labute approximate surface area is 272 Å². The summed E-state index contributed by atoms with van der Waals surface area (Å²) in [7, 11) is 4.65. The number of aromatic nitrogens is 3. The summed E-state index contributed by atoms with van der Waals surface area (Å²) in [5.74, 6) is 2.59. The first-order valence-corrected chi connectivity index (χ1v) is 16.1. The lowest BCUT2D eigenvalue weighted by molar-refractivity contribution is -0.145. The molecule has 9 nitrogen and oxygen atoms in total. The number of thioether (sulfide) groups is 1. The van der Waals surface area contributed by atoms with Crippen molar-refractivity contribution < 1.29 is 28.8 Å². The number of hydrogen-bond donors (Lipinski definition) is 1. The van der Waals surface area contributed by atoms with E-state index in [1.165, 1.54) is 14.2 Å². The number of carboxylic acid groups (broad SMARTS) is 1. The van der Waals surface area contributed by atoms with E-state index < -0.39 is 12.1 Å². The number of aryl methyl sites for hydroxylation is 1. The van der Waals surface area contributed by atoms with Crippen LogP contribution in [0, 0.1) is 0 Å². The molecule has 0 fully saturated rings. The Hall–Kier alpha value is -3.22. The van der Waals surface area contributed by atoms with Crippen LogP contribution in [0.4, 0.5) is 0 Å². The predicted octanol–water partition coefficient (Wildman–Crippen LogP) is 7.72. The highest BCUT2D eigenvalue weighted by atomic mass is 79.9. The molecule has 3 aromatic carbocycles. The van der Waals surface area contributed by atoms with Crippen molar-refractivity contribution >= 4 is 49.6 Å². The fourth-order valence-electron chi connectivity index (χ4n) is 4.38. The molecule has 12 heteroatoms. The maximum atomic E-state index is 12.3. The molecule has 1 aromatic heterocycles. The number of unbranched alkanes of at least 4 members (excludes halogenated alkanes) is 1. The average Bonchev–Trinajstić information content (AvgIpc) is 3.40. The molecule has 0 saturated heterocycles. The molecule has 0 radical (unpaired) electrons. The largest absolute Gasteiger partial charge is 0.497 e. The summed E-state index contributed by atoms with van der Waals surface area (Å²) in [5.41, 5.74) is 2.56. The van der Waals surface area contributed by atoms with E-state index in [4.69, 9.17) is 18.9 Å². The standard InChI is InChI=1S/C31H33Br2N3O6S/c1-5-6-7-25-34-35-31(43-18-20-10-12-21(39-2)13-11-20)36(25)17-19-8-14-22(15-9-19)42-27(30(37)38)23-16-24(32)28(40-3)29(41-4)26(23)33/h8-16,27H,5-7,17-18H2,1-4H3,(H,37,38). The normalized spacial score (nSPS) is 11.7. The van der Waals surface area contributed by atoms with E-state index in [0.29, 0.717) is 38.3 Å². The van der Waals surface area contributed by atoms with Gasteiger partial charge >= 0.3 is 5.97 Å². The number of halogens is 2. The molecule has 43 heavy (non-hydrogen) atoms. The van der Waals surface area contributed by atoms with Crippen molar-refractivity contribution in [3.8, 4) is 23.0 Å². The van der Waals surface area contributed by atoms with Crippen molar-refractivity contribution in [1.29, 1.82) is 0 Å². The average molecular weight is 735 g/mol. The van der Waals surface area contributed by atoms with E-state index in [-0.39, 0.29) is 0 Å². The molecule has 0 saturated carbocycles. The Balaban J connectivity index is 1.53. The highest BCUT2D eigenvalue weighted by Gasteiger charge is 2.29. The summed E-state index contributed by atoms with van der Waals surface area (Å²) < 4.78 is 25.2. The third-order valence-electron chi connectivity index (χ3n) is 6.67. The minimum atomic E-state index is -1.30. The van der Waals surface area contributed by atoms with Gasteiger partial charge in [0, 0.05) is 17.7 Å². The summed E-state index contributed by atoms with van der Waals surface area (Å²) in [6, 6.07) is 17.0. The fourth-order valence-corrected chi connectivity index (χ4v) is 6.55. The maximum Gasteiger partial charge on any atom is 0.349 e. The van der Waals surface area contributed by atoms with Crippen LogP contribution in [0.2, 0.25) is 0 Å². The molecule has 1 heterocycles. The summed E-state index contributed by atoms with van der Waals surface area (Å²) in [6.07, 6.45) is 1.62. The smallest absolute Gasteiger partial charge is 0.349 e.